The Morgan fingerprint density at radius 1 is 1.03 bits per heavy atom. The quantitative estimate of drug-likeness (QED) is 0.679. The molecule has 30 heavy (non-hydrogen) atoms. The summed E-state index contributed by atoms with van der Waals surface area (Å²) in [6.45, 7) is 3.66. The van der Waals surface area contributed by atoms with E-state index in [0.29, 0.717) is 41.4 Å². The van der Waals surface area contributed by atoms with Gasteiger partial charge in [-0.25, -0.2) is 4.79 Å². The number of para-hydroxylation sites is 2. The van der Waals surface area contributed by atoms with Gasteiger partial charge in [0.05, 0.1) is 22.3 Å². The number of halogens is 1. The fourth-order valence-electron chi connectivity index (χ4n) is 3.96. The van der Waals surface area contributed by atoms with Gasteiger partial charge in [0.15, 0.2) is 0 Å². The van der Waals surface area contributed by atoms with Gasteiger partial charge in [0.25, 0.3) is 5.91 Å². The number of aryl methyl sites for hydroxylation is 1. The fourth-order valence-corrected chi connectivity index (χ4v) is 4.13. The molecule has 1 aliphatic rings. The summed E-state index contributed by atoms with van der Waals surface area (Å²) in [6.07, 6.45) is 1.94. The average Bonchev–Trinajstić information content (AvgIpc) is 3.36. The highest BCUT2D eigenvalue weighted by Crippen LogP contribution is 2.24. The Labute approximate surface area is 178 Å². The SMILES string of the molecule is CCn1c(=O)n(CC(=O)Nc2ccc(Cl)cc2C(=O)N2CCCC2)c2ccccc21. The first-order chi connectivity index (χ1) is 14.5. The van der Waals surface area contributed by atoms with Crippen molar-refractivity contribution in [3.63, 3.8) is 0 Å². The van der Waals surface area contributed by atoms with E-state index < -0.39 is 0 Å². The third kappa shape index (κ3) is 3.73. The molecule has 1 fully saturated rings. The van der Waals surface area contributed by atoms with E-state index in [1.807, 2.05) is 31.2 Å². The second-order valence-corrected chi connectivity index (χ2v) is 7.78. The lowest BCUT2D eigenvalue weighted by Gasteiger charge is -2.18. The van der Waals surface area contributed by atoms with Crippen molar-refractivity contribution in [3.05, 3.63) is 63.5 Å². The summed E-state index contributed by atoms with van der Waals surface area (Å²) in [5.41, 5.74) is 2.01. The predicted molar refractivity (Wildman–Crippen MR) is 117 cm³/mol. The maximum absolute atomic E-state index is 12.9. The molecule has 1 aromatic heterocycles. The van der Waals surface area contributed by atoms with Crippen LogP contribution < -0.4 is 11.0 Å². The third-order valence-electron chi connectivity index (χ3n) is 5.42. The molecule has 0 spiro atoms. The maximum atomic E-state index is 12.9. The molecule has 156 valence electrons. The Bertz CT molecular complexity index is 1170. The average molecular weight is 427 g/mol. The van der Waals surface area contributed by atoms with Crippen molar-refractivity contribution in [2.24, 2.45) is 0 Å². The molecule has 2 heterocycles. The lowest BCUT2D eigenvalue weighted by Crippen LogP contribution is -2.31. The molecule has 0 radical (unpaired) electrons. The summed E-state index contributed by atoms with van der Waals surface area (Å²) in [5.74, 6) is -0.529. The van der Waals surface area contributed by atoms with Crippen LogP contribution in [0.2, 0.25) is 5.02 Å². The van der Waals surface area contributed by atoms with E-state index in [2.05, 4.69) is 5.32 Å². The van der Waals surface area contributed by atoms with Crippen molar-refractivity contribution >= 4 is 40.1 Å². The molecule has 8 heteroatoms. The first-order valence-corrected chi connectivity index (χ1v) is 10.4. The normalized spacial score (nSPS) is 13.7. The minimum Gasteiger partial charge on any atom is -0.339 e. The van der Waals surface area contributed by atoms with Gasteiger partial charge in [0.1, 0.15) is 6.54 Å². The Morgan fingerprint density at radius 3 is 2.37 bits per heavy atom. The number of carbonyl (C=O) groups is 2. The Hall–Kier alpha value is -3.06. The monoisotopic (exact) mass is 426 g/mol. The molecule has 1 N–H and O–H groups in total. The highest BCUT2D eigenvalue weighted by atomic mass is 35.5. The smallest absolute Gasteiger partial charge is 0.329 e. The number of hydrogen-bond acceptors (Lipinski definition) is 3. The van der Waals surface area contributed by atoms with Crippen LogP contribution in [0, 0.1) is 0 Å². The zero-order valence-electron chi connectivity index (χ0n) is 16.7. The third-order valence-corrected chi connectivity index (χ3v) is 5.66. The largest absolute Gasteiger partial charge is 0.339 e. The van der Waals surface area contributed by atoms with Crippen molar-refractivity contribution in [2.45, 2.75) is 32.9 Å². The number of imidazole rings is 1. The zero-order chi connectivity index (χ0) is 21.3. The second kappa shape index (κ2) is 8.36. The van der Waals surface area contributed by atoms with E-state index in [1.165, 1.54) is 4.57 Å². The Morgan fingerprint density at radius 2 is 1.70 bits per heavy atom. The number of rotatable bonds is 5. The highest BCUT2D eigenvalue weighted by molar-refractivity contribution is 6.31. The van der Waals surface area contributed by atoms with Crippen LogP contribution in [0.3, 0.4) is 0 Å². The van der Waals surface area contributed by atoms with Crippen molar-refractivity contribution < 1.29 is 9.59 Å². The summed E-state index contributed by atoms with van der Waals surface area (Å²) in [6, 6.07) is 12.2. The van der Waals surface area contributed by atoms with Crippen LogP contribution in [0.5, 0.6) is 0 Å². The number of carbonyl (C=O) groups excluding carboxylic acids is 2. The maximum Gasteiger partial charge on any atom is 0.329 e. The number of benzene rings is 2. The molecule has 0 saturated carbocycles. The van der Waals surface area contributed by atoms with Gasteiger partial charge in [-0.1, -0.05) is 23.7 Å². The molecule has 7 nitrogen and oxygen atoms in total. The molecule has 1 saturated heterocycles. The van der Waals surface area contributed by atoms with Crippen LogP contribution >= 0.6 is 11.6 Å². The summed E-state index contributed by atoms with van der Waals surface area (Å²) in [7, 11) is 0. The summed E-state index contributed by atoms with van der Waals surface area (Å²) < 4.78 is 3.08. The van der Waals surface area contributed by atoms with E-state index in [9.17, 15) is 14.4 Å². The van der Waals surface area contributed by atoms with E-state index in [-0.39, 0.29) is 24.0 Å². The number of nitrogens with zero attached hydrogens (tertiary/aromatic N) is 3. The van der Waals surface area contributed by atoms with Crippen molar-refractivity contribution in [3.8, 4) is 0 Å². The topological polar surface area (TPSA) is 76.3 Å². The molecule has 2 amide bonds. The lowest BCUT2D eigenvalue weighted by molar-refractivity contribution is -0.116. The molecule has 4 rings (SSSR count). The van der Waals surface area contributed by atoms with E-state index in [4.69, 9.17) is 11.6 Å². The van der Waals surface area contributed by atoms with Gasteiger partial charge in [-0.3, -0.25) is 18.7 Å². The van der Waals surface area contributed by atoms with Crippen LogP contribution in [0.4, 0.5) is 5.69 Å². The van der Waals surface area contributed by atoms with Gasteiger partial charge in [0, 0.05) is 24.7 Å². The number of hydrogen-bond donors (Lipinski definition) is 1. The zero-order valence-corrected chi connectivity index (χ0v) is 17.5. The minimum absolute atomic E-state index is 0.147. The van der Waals surface area contributed by atoms with Crippen LogP contribution in [0.25, 0.3) is 11.0 Å². The molecule has 3 aromatic rings. The van der Waals surface area contributed by atoms with Crippen LogP contribution in [0.15, 0.2) is 47.3 Å². The van der Waals surface area contributed by atoms with Gasteiger partial charge < -0.3 is 10.2 Å². The summed E-state index contributed by atoms with van der Waals surface area (Å²) >= 11 is 6.11. The van der Waals surface area contributed by atoms with Crippen molar-refractivity contribution in [1.29, 1.82) is 0 Å². The van der Waals surface area contributed by atoms with Crippen LogP contribution in [0.1, 0.15) is 30.1 Å². The van der Waals surface area contributed by atoms with Crippen molar-refractivity contribution in [1.82, 2.24) is 14.0 Å². The van der Waals surface area contributed by atoms with Gasteiger partial charge in [-0.2, -0.15) is 0 Å². The fraction of sp³-hybridized carbons (Fsp3) is 0.318. The number of fused-ring (bicyclic) bond motifs is 1. The summed E-state index contributed by atoms with van der Waals surface area (Å²) in [5, 5.41) is 3.22. The second-order valence-electron chi connectivity index (χ2n) is 7.34. The number of likely N-dealkylation sites (tertiary alicyclic amines) is 1. The molecule has 2 aromatic carbocycles. The molecule has 1 aliphatic heterocycles. The first kappa shape index (κ1) is 20.2. The molecule has 0 aliphatic carbocycles. The molecule has 0 unspecified atom stereocenters. The molecule has 0 atom stereocenters. The number of aromatic nitrogens is 2. The van der Waals surface area contributed by atoms with E-state index in [0.717, 1.165) is 18.4 Å². The lowest BCUT2D eigenvalue weighted by atomic mass is 10.1. The Balaban J connectivity index is 1.61. The predicted octanol–water partition coefficient (Wildman–Crippen LogP) is 3.35. The van der Waals surface area contributed by atoms with Gasteiger partial charge in [-0.15, -0.1) is 0 Å². The number of nitrogens with one attached hydrogen (secondary N) is 1. The van der Waals surface area contributed by atoms with E-state index >= 15 is 0 Å². The van der Waals surface area contributed by atoms with Crippen LogP contribution in [-0.2, 0) is 17.9 Å². The van der Waals surface area contributed by atoms with Gasteiger partial charge >= 0.3 is 5.69 Å². The number of amides is 2. The molecule has 0 bridgehead atoms. The number of anilines is 1. The standard InChI is InChI=1S/C22H23ClN4O3/c1-2-26-18-7-3-4-8-19(18)27(22(26)30)14-20(28)24-17-10-9-15(23)13-16(17)21(29)25-11-5-6-12-25/h3-4,7-10,13H,2,5-6,11-12,14H2,1H3,(H,24,28). The first-order valence-electron chi connectivity index (χ1n) is 10.1. The van der Waals surface area contributed by atoms with Crippen LogP contribution in [-0.4, -0.2) is 38.9 Å². The van der Waals surface area contributed by atoms with Gasteiger partial charge in [-0.05, 0) is 50.1 Å². The summed E-state index contributed by atoms with van der Waals surface area (Å²) in [4.78, 5) is 40.2. The van der Waals surface area contributed by atoms with E-state index in [1.54, 1.807) is 27.7 Å². The Kier molecular flexibility index (Phi) is 5.63. The molecular weight excluding hydrogens is 404 g/mol. The molecular formula is C22H23ClN4O3. The minimum atomic E-state index is -0.381. The van der Waals surface area contributed by atoms with Gasteiger partial charge in [0.2, 0.25) is 5.91 Å². The highest BCUT2D eigenvalue weighted by Gasteiger charge is 2.23. The van der Waals surface area contributed by atoms with Crippen molar-refractivity contribution in [2.75, 3.05) is 18.4 Å².